The first-order chi connectivity index (χ1) is 7.99. The Labute approximate surface area is 129 Å². The van der Waals surface area contributed by atoms with Crippen LogP contribution in [0.2, 0.25) is 10.0 Å². The van der Waals surface area contributed by atoms with Crippen molar-refractivity contribution < 1.29 is 4.39 Å². The summed E-state index contributed by atoms with van der Waals surface area (Å²) in [6.45, 7) is 0. The number of benzene rings is 1. The van der Waals surface area contributed by atoms with Gasteiger partial charge in [-0.1, -0.05) is 39.1 Å². The lowest BCUT2D eigenvalue weighted by Gasteiger charge is -2.09. The van der Waals surface area contributed by atoms with Gasteiger partial charge in [-0.25, -0.2) is 4.39 Å². The van der Waals surface area contributed by atoms with Crippen LogP contribution in [-0.4, -0.2) is 0 Å². The molecule has 90 valence electrons. The third-order valence-corrected chi connectivity index (χ3v) is 6.21. The van der Waals surface area contributed by atoms with E-state index in [1.54, 1.807) is 12.1 Å². The lowest BCUT2D eigenvalue weighted by molar-refractivity contribution is 0.614. The predicted molar refractivity (Wildman–Crippen MR) is 79.2 cm³/mol. The summed E-state index contributed by atoms with van der Waals surface area (Å²) in [5.74, 6) is -0.295. The molecule has 0 fully saturated rings. The summed E-state index contributed by atoms with van der Waals surface area (Å²) in [5, 5.41) is 1.13. The Hall–Kier alpha value is 0.390. The van der Waals surface area contributed by atoms with Crippen molar-refractivity contribution >= 4 is 66.4 Å². The molecule has 2 rings (SSSR count). The average Bonchev–Trinajstić information content (AvgIpc) is 2.62. The van der Waals surface area contributed by atoms with E-state index in [-0.39, 0.29) is 10.6 Å². The van der Waals surface area contributed by atoms with E-state index in [1.807, 2.05) is 0 Å². The minimum atomic E-state index is -0.295. The highest BCUT2D eigenvalue weighted by Gasteiger charge is 2.18. The van der Waals surface area contributed by atoms with Gasteiger partial charge in [0.1, 0.15) is 5.82 Å². The molecule has 0 spiro atoms. The van der Waals surface area contributed by atoms with Gasteiger partial charge in [0.25, 0.3) is 0 Å². The Morgan fingerprint density at radius 2 is 1.94 bits per heavy atom. The van der Waals surface area contributed by atoms with Crippen LogP contribution in [0.4, 0.5) is 4.39 Å². The van der Waals surface area contributed by atoms with Crippen LogP contribution in [0.5, 0.6) is 0 Å². The minimum absolute atomic E-state index is 0.255. The molecule has 0 bridgehead atoms. The molecule has 0 aliphatic heterocycles. The van der Waals surface area contributed by atoms with Crippen molar-refractivity contribution in [3.8, 4) is 0 Å². The molecule has 17 heavy (non-hydrogen) atoms. The van der Waals surface area contributed by atoms with Crippen molar-refractivity contribution in [2.24, 2.45) is 0 Å². The van der Waals surface area contributed by atoms with Crippen molar-refractivity contribution in [2.75, 3.05) is 0 Å². The second-order valence-electron chi connectivity index (χ2n) is 3.30. The number of rotatable bonds is 2. The summed E-state index contributed by atoms with van der Waals surface area (Å²) in [6.07, 6.45) is 0. The molecule has 0 aliphatic carbocycles. The molecule has 1 atom stereocenters. The number of halogens is 5. The first-order valence-electron chi connectivity index (χ1n) is 4.53. The van der Waals surface area contributed by atoms with E-state index in [1.165, 1.54) is 23.5 Å². The fourth-order valence-corrected chi connectivity index (χ4v) is 4.04. The minimum Gasteiger partial charge on any atom is -0.207 e. The molecule has 1 heterocycles. The van der Waals surface area contributed by atoms with Crippen molar-refractivity contribution in [1.82, 2.24) is 0 Å². The smallest absolute Gasteiger partial charge is 0.128 e. The molecule has 1 unspecified atom stereocenters. The third-order valence-electron chi connectivity index (χ3n) is 2.15. The van der Waals surface area contributed by atoms with E-state index in [4.69, 9.17) is 23.2 Å². The average molecular weight is 419 g/mol. The van der Waals surface area contributed by atoms with Gasteiger partial charge < -0.3 is 0 Å². The van der Waals surface area contributed by atoms with Gasteiger partial charge in [-0.15, -0.1) is 11.3 Å². The van der Waals surface area contributed by atoms with Gasteiger partial charge in [0, 0.05) is 15.5 Å². The maximum atomic E-state index is 13.7. The standard InChI is InChI=1S/C11H5Br2Cl2FS/c12-10(9-4-7(15)11(13)17-9)6-3-5(14)1-2-8(6)16/h1-4,10H. The third kappa shape index (κ3) is 3.04. The number of hydrogen-bond acceptors (Lipinski definition) is 1. The second kappa shape index (κ2) is 5.57. The molecular formula is C11H5Br2Cl2FS. The molecule has 0 aliphatic rings. The number of hydrogen-bond donors (Lipinski definition) is 0. The molecule has 0 N–H and O–H groups in total. The fraction of sp³-hybridized carbons (Fsp3) is 0.0909. The maximum absolute atomic E-state index is 13.7. The van der Waals surface area contributed by atoms with Crippen LogP contribution in [0.25, 0.3) is 0 Å². The van der Waals surface area contributed by atoms with Crippen LogP contribution in [-0.2, 0) is 0 Å². The van der Waals surface area contributed by atoms with Crippen LogP contribution in [0.15, 0.2) is 28.1 Å². The molecule has 1 aromatic heterocycles. The zero-order chi connectivity index (χ0) is 12.6. The lowest BCUT2D eigenvalue weighted by atomic mass is 10.1. The number of alkyl halides is 1. The van der Waals surface area contributed by atoms with Crippen molar-refractivity contribution in [1.29, 1.82) is 0 Å². The molecule has 0 amide bonds. The molecule has 1 aromatic carbocycles. The highest BCUT2D eigenvalue weighted by molar-refractivity contribution is 9.11. The Morgan fingerprint density at radius 1 is 1.24 bits per heavy atom. The first kappa shape index (κ1) is 13.8. The number of thiophene rings is 1. The topological polar surface area (TPSA) is 0 Å². The Bertz CT molecular complexity index is 537. The van der Waals surface area contributed by atoms with Gasteiger partial charge in [-0.2, -0.15) is 0 Å². The van der Waals surface area contributed by atoms with E-state index >= 15 is 0 Å². The molecule has 0 radical (unpaired) electrons. The van der Waals surface area contributed by atoms with E-state index in [0.29, 0.717) is 15.6 Å². The normalized spacial score (nSPS) is 12.8. The highest BCUT2D eigenvalue weighted by atomic mass is 79.9. The maximum Gasteiger partial charge on any atom is 0.128 e. The quantitative estimate of drug-likeness (QED) is 0.492. The lowest BCUT2D eigenvalue weighted by Crippen LogP contribution is -1.94. The molecular weight excluding hydrogens is 414 g/mol. The van der Waals surface area contributed by atoms with E-state index in [9.17, 15) is 4.39 Å². The summed E-state index contributed by atoms with van der Waals surface area (Å²) < 4.78 is 14.5. The van der Waals surface area contributed by atoms with Crippen LogP contribution < -0.4 is 0 Å². The molecule has 6 heteroatoms. The van der Waals surface area contributed by atoms with Crippen LogP contribution in [0, 0.1) is 5.82 Å². The van der Waals surface area contributed by atoms with Crippen molar-refractivity contribution in [3.05, 3.63) is 54.4 Å². The van der Waals surface area contributed by atoms with Crippen LogP contribution >= 0.6 is 66.4 Å². The summed E-state index contributed by atoms with van der Waals surface area (Å²) >= 11 is 20.1. The summed E-state index contributed by atoms with van der Waals surface area (Å²) in [5.41, 5.74) is 0.503. The van der Waals surface area contributed by atoms with Crippen molar-refractivity contribution in [2.45, 2.75) is 4.83 Å². The SMILES string of the molecule is Fc1ccc(Cl)cc1C(Br)c1cc(Cl)c(Br)s1. The Morgan fingerprint density at radius 3 is 2.53 bits per heavy atom. The summed E-state index contributed by atoms with van der Waals surface area (Å²) in [7, 11) is 0. The van der Waals surface area contributed by atoms with Gasteiger partial charge in [-0.05, 0) is 40.2 Å². The molecule has 2 aromatic rings. The Balaban J connectivity index is 2.42. The van der Waals surface area contributed by atoms with Gasteiger partial charge in [0.05, 0.1) is 13.6 Å². The van der Waals surface area contributed by atoms with E-state index in [0.717, 1.165) is 8.66 Å². The summed E-state index contributed by atoms with van der Waals surface area (Å²) in [4.78, 5) is 0.665. The predicted octanol–water partition coefficient (Wildman–Crippen LogP) is 6.44. The largest absolute Gasteiger partial charge is 0.207 e. The molecule has 0 nitrogen and oxygen atoms in total. The molecule has 0 saturated carbocycles. The van der Waals surface area contributed by atoms with E-state index in [2.05, 4.69) is 31.9 Å². The fourth-order valence-electron chi connectivity index (χ4n) is 1.35. The van der Waals surface area contributed by atoms with Crippen molar-refractivity contribution in [3.63, 3.8) is 0 Å². The first-order valence-corrected chi connectivity index (χ1v) is 7.81. The van der Waals surface area contributed by atoms with Gasteiger partial charge >= 0.3 is 0 Å². The zero-order valence-electron chi connectivity index (χ0n) is 8.18. The Kier molecular flexibility index (Phi) is 4.53. The highest BCUT2D eigenvalue weighted by Crippen LogP contribution is 2.42. The summed E-state index contributed by atoms with van der Waals surface area (Å²) in [6, 6.07) is 6.29. The molecule has 0 saturated heterocycles. The van der Waals surface area contributed by atoms with Crippen LogP contribution in [0.3, 0.4) is 0 Å². The van der Waals surface area contributed by atoms with Crippen LogP contribution in [0.1, 0.15) is 15.3 Å². The monoisotopic (exact) mass is 416 g/mol. The van der Waals surface area contributed by atoms with Gasteiger partial charge in [0.2, 0.25) is 0 Å². The zero-order valence-corrected chi connectivity index (χ0v) is 13.7. The van der Waals surface area contributed by atoms with E-state index < -0.39 is 0 Å². The second-order valence-corrected chi connectivity index (χ2v) is 7.46. The van der Waals surface area contributed by atoms with Gasteiger partial charge in [-0.3, -0.25) is 0 Å². The van der Waals surface area contributed by atoms with Gasteiger partial charge in [0.15, 0.2) is 0 Å².